The predicted molar refractivity (Wildman–Crippen MR) is 106 cm³/mol. The summed E-state index contributed by atoms with van der Waals surface area (Å²) in [5, 5.41) is 10.5. The number of hydrogen-bond donors (Lipinski definition) is 1. The molecule has 13 heteroatoms. The van der Waals surface area contributed by atoms with Crippen molar-refractivity contribution in [3.63, 3.8) is 0 Å². The molecule has 0 bridgehead atoms. The fourth-order valence-electron chi connectivity index (χ4n) is 2.57. The van der Waals surface area contributed by atoms with Crippen LogP contribution in [0.2, 0.25) is 15.1 Å². The van der Waals surface area contributed by atoms with Crippen LogP contribution >= 0.6 is 34.8 Å². The molecule has 0 saturated heterocycles. The van der Waals surface area contributed by atoms with Gasteiger partial charge in [-0.15, -0.1) is 5.10 Å². The first kappa shape index (κ1) is 22.4. The van der Waals surface area contributed by atoms with Gasteiger partial charge in [-0.1, -0.05) is 40.9 Å². The maximum atomic E-state index is 12.9. The van der Waals surface area contributed by atoms with Gasteiger partial charge in [0.25, 0.3) is 0 Å². The Hall–Kier alpha value is -2.30. The van der Waals surface area contributed by atoms with E-state index in [1.807, 2.05) is 0 Å². The minimum Gasteiger partial charge on any atom is -0.293 e. The summed E-state index contributed by atoms with van der Waals surface area (Å²) < 4.78 is 41.1. The zero-order valence-electron chi connectivity index (χ0n) is 15.3. The molecular weight excluding hydrogens is 468 g/mol. The Kier molecular flexibility index (Phi) is 6.59. The summed E-state index contributed by atoms with van der Waals surface area (Å²) in [6.45, 7) is 1.62. The average molecular weight is 482 g/mol. The first-order valence-electron chi connectivity index (χ1n) is 8.48. The number of nitrogens with zero attached hydrogens (tertiary/aromatic N) is 5. The van der Waals surface area contributed by atoms with Crippen molar-refractivity contribution in [3.8, 4) is 0 Å². The Labute approximate surface area is 183 Å². The Balaban J connectivity index is 1.59. The van der Waals surface area contributed by atoms with Crippen molar-refractivity contribution < 1.29 is 18.0 Å². The summed E-state index contributed by atoms with van der Waals surface area (Å²) in [6.07, 6.45) is -3.40. The fraction of sp³-hybridized carbons (Fsp3) is 0.294. The maximum absolute atomic E-state index is 12.9. The molecule has 0 unspecified atom stereocenters. The van der Waals surface area contributed by atoms with E-state index in [1.165, 1.54) is 17.9 Å². The number of halogens is 6. The lowest BCUT2D eigenvalue weighted by molar-refractivity contribution is -0.141. The van der Waals surface area contributed by atoms with Crippen LogP contribution in [-0.2, 0) is 24.1 Å². The molecule has 0 aliphatic carbocycles. The zero-order valence-corrected chi connectivity index (χ0v) is 17.6. The van der Waals surface area contributed by atoms with Gasteiger partial charge in [0.05, 0.1) is 23.8 Å². The molecule has 1 amide bonds. The molecule has 2 heterocycles. The molecule has 0 radical (unpaired) electrons. The smallest absolute Gasteiger partial charge is 0.293 e. The summed E-state index contributed by atoms with van der Waals surface area (Å²) in [7, 11) is 0. The van der Waals surface area contributed by atoms with Gasteiger partial charge in [0.2, 0.25) is 11.9 Å². The summed E-state index contributed by atoms with van der Waals surface area (Å²) in [5.74, 6) is -0.437. The second-order valence-electron chi connectivity index (χ2n) is 6.27. The van der Waals surface area contributed by atoms with Crippen LogP contribution in [0.25, 0.3) is 0 Å². The average Bonchev–Trinajstić information content (AvgIpc) is 3.20. The molecule has 0 aliphatic rings. The van der Waals surface area contributed by atoms with Crippen molar-refractivity contribution in [2.75, 3.05) is 5.32 Å². The lowest BCUT2D eigenvalue weighted by Gasteiger charge is -2.05. The summed E-state index contributed by atoms with van der Waals surface area (Å²) in [4.78, 5) is 16.1. The lowest BCUT2D eigenvalue weighted by atomic mass is 10.2. The van der Waals surface area contributed by atoms with Crippen molar-refractivity contribution in [2.24, 2.45) is 0 Å². The molecule has 3 rings (SSSR count). The van der Waals surface area contributed by atoms with E-state index in [9.17, 15) is 18.0 Å². The minimum atomic E-state index is -4.67. The highest BCUT2D eigenvalue weighted by atomic mass is 35.5. The van der Waals surface area contributed by atoms with Crippen molar-refractivity contribution in [2.45, 2.75) is 32.6 Å². The van der Waals surface area contributed by atoms with Crippen LogP contribution in [0.5, 0.6) is 0 Å². The maximum Gasteiger partial charge on any atom is 0.436 e. The molecule has 160 valence electrons. The molecule has 0 fully saturated rings. The van der Waals surface area contributed by atoms with Gasteiger partial charge in [-0.2, -0.15) is 18.3 Å². The van der Waals surface area contributed by atoms with Gasteiger partial charge < -0.3 is 0 Å². The molecule has 2 aromatic heterocycles. The number of rotatable bonds is 6. The Morgan fingerprint density at radius 2 is 1.93 bits per heavy atom. The second-order valence-corrected chi connectivity index (χ2v) is 7.49. The first-order chi connectivity index (χ1) is 14.0. The van der Waals surface area contributed by atoms with Crippen LogP contribution in [0.4, 0.5) is 19.1 Å². The van der Waals surface area contributed by atoms with Gasteiger partial charge in [-0.05, 0) is 24.6 Å². The van der Waals surface area contributed by atoms with Crippen LogP contribution in [0.3, 0.4) is 0 Å². The van der Waals surface area contributed by atoms with E-state index in [0.717, 1.165) is 10.2 Å². The second kappa shape index (κ2) is 8.83. The summed E-state index contributed by atoms with van der Waals surface area (Å²) in [6, 6.07) is 5.04. The normalized spacial score (nSPS) is 11.7. The predicted octanol–water partition coefficient (Wildman–Crippen LogP) is 4.84. The third kappa shape index (κ3) is 5.24. The van der Waals surface area contributed by atoms with Gasteiger partial charge in [0.15, 0.2) is 5.69 Å². The number of alkyl halides is 3. The van der Waals surface area contributed by atoms with Crippen LogP contribution < -0.4 is 5.32 Å². The van der Waals surface area contributed by atoms with Gasteiger partial charge in [-0.3, -0.25) is 14.8 Å². The van der Waals surface area contributed by atoms with E-state index >= 15 is 0 Å². The van der Waals surface area contributed by atoms with E-state index in [1.54, 1.807) is 18.2 Å². The van der Waals surface area contributed by atoms with E-state index in [0.29, 0.717) is 16.6 Å². The Morgan fingerprint density at radius 1 is 1.20 bits per heavy atom. The number of benzene rings is 1. The van der Waals surface area contributed by atoms with E-state index in [4.69, 9.17) is 34.8 Å². The monoisotopic (exact) mass is 480 g/mol. The van der Waals surface area contributed by atoms with Crippen molar-refractivity contribution in [1.82, 2.24) is 24.5 Å². The SMILES string of the molecule is Cc1c(Cl)c(C(F)(F)F)nn1CCC(=O)Nc1ncn(Cc2ccc(Cl)cc2Cl)n1. The molecule has 0 saturated carbocycles. The number of aromatic nitrogens is 5. The molecule has 0 atom stereocenters. The van der Waals surface area contributed by atoms with Gasteiger partial charge in [-0.25, -0.2) is 9.67 Å². The van der Waals surface area contributed by atoms with Crippen molar-refractivity contribution in [3.05, 3.63) is 56.5 Å². The molecule has 0 spiro atoms. The summed E-state index contributed by atoms with van der Waals surface area (Å²) >= 11 is 17.7. The molecule has 1 aromatic carbocycles. The van der Waals surface area contributed by atoms with E-state index in [2.05, 4.69) is 20.5 Å². The van der Waals surface area contributed by atoms with Crippen molar-refractivity contribution >= 4 is 46.7 Å². The highest BCUT2D eigenvalue weighted by Gasteiger charge is 2.38. The zero-order chi connectivity index (χ0) is 22.1. The highest BCUT2D eigenvalue weighted by molar-refractivity contribution is 6.35. The lowest BCUT2D eigenvalue weighted by Crippen LogP contribution is -2.17. The van der Waals surface area contributed by atoms with Gasteiger partial charge in [0, 0.05) is 16.5 Å². The number of anilines is 1. The molecule has 3 aromatic rings. The first-order valence-corrected chi connectivity index (χ1v) is 9.61. The van der Waals surface area contributed by atoms with Gasteiger partial charge >= 0.3 is 6.18 Å². The van der Waals surface area contributed by atoms with Crippen LogP contribution in [0.15, 0.2) is 24.5 Å². The van der Waals surface area contributed by atoms with E-state index < -0.39 is 22.8 Å². The number of carbonyl (C=O) groups is 1. The molecule has 7 nitrogen and oxygen atoms in total. The minimum absolute atomic E-state index is 0.0521. The largest absolute Gasteiger partial charge is 0.436 e. The molecule has 1 N–H and O–H groups in total. The number of carbonyl (C=O) groups excluding carboxylic acids is 1. The number of nitrogens with one attached hydrogen (secondary N) is 1. The molecule has 0 aliphatic heterocycles. The topological polar surface area (TPSA) is 77.6 Å². The number of amides is 1. The molecule has 30 heavy (non-hydrogen) atoms. The Bertz CT molecular complexity index is 1080. The molecular formula is C17H14Cl3F3N6O. The van der Waals surface area contributed by atoms with E-state index in [-0.39, 0.29) is 24.6 Å². The fourth-order valence-corrected chi connectivity index (χ4v) is 3.28. The third-order valence-corrected chi connectivity index (χ3v) is 5.13. The van der Waals surface area contributed by atoms with Crippen molar-refractivity contribution in [1.29, 1.82) is 0 Å². The number of aryl methyl sites for hydroxylation is 1. The summed E-state index contributed by atoms with van der Waals surface area (Å²) in [5.41, 5.74) is -0.294. The third-order valence-electron chi connectivity index (χ3n) is 4.09. The van der Waals surface area contributed by atoms with Crippen LogP contribution in [0.1, 0.15) is 23.4 Å². The van der Waals surface area contributed by atoms with Gasteiger partial charge in [0.1, 0.15) is 6.33 Å². The van der Waals surface area contributed by atoms with Crippen LogP contribution in [-0.4, -0.2) is 30.5 Å². The van der Waals surface area contributed by atoms with Crippen LogP contribution in [0, 0.1) is 6.92 Å². The number of hydrogen-bond acceptors (Lipinski definition) is 4. The quantitative estimate of drug-likeness (QED) is 0.547. The Morgan fingerprint density at radius 3 is 2.57 bits per heavy atom. The highest BCUT2D eigenvalue weighted by Crippen LogP contribution is 2.35. The standard InChI is InChI=1S/C17H14Cl3F3N6O/c1-9-14(20)15(17(21,22)23)26-29(9)5-4-13(30)25-16-24-8-28(27-16)7-10-2-3-11(18)6-12(10)19/h2-3,6,8H,4-5,7H2,1H3,(H,25,27,30).